The van der Waals surface area contributed by atoms with Crippen molar-refractivity contribution in [1.29, 1.82) is 0 Å². The van der Waals surface area contributed by atoms with Crippen LogP contribution in [0.3, 0.4) is 0 Å². The van der Waals surface area contributed by atoms with Crippen LogP contribution in [0.2, 0.25) is 0 Å². The van der Waals surface area contributed by atoms with Gasteiger partial charge in [0.15, 0.2) is 0 Å². The summed E-state index contributed by atoms with van der Waals surface area (Å²) in [6.07, 6.45) is 20.3. The van der Waals surface area contributed by atoms with E-state index in [1.165, 1.54) is 0 Å². The van der Waals surface area contributed by atoms with Crippen LogP contribution in [-0.2, 0) is 31.4 Å². The van der Waals surface area contributed by atoms with Gasteiger partial charge < -0.3 is 20.7 Å². The zero-order valence-electron chi connectivity index (χ0n) is 25.8. The second-order valence-corrected chi connectivity index (χ2v) is 11.7. The molecule has 7 nitrogen and oxygen atoms in total. The maximum Gasteiger partial charge on any atom is 2.00 e. The molecule has 0 aliphatic heterocycles. The molecular formula is C34H43FeN3O4S+2. The van der Waals surface area contributed by atoms with Gasteiger partial charge in [-0.05, 0) is 134 Å². The number of ether oxygens (including phenoxy) is 1. The van der Waals surface area contributed by atoms with E-state index in [0.29, 0.717) is 36.6 Å². The van der Waals surface area contributed by atoms with Gasteiger partial charge in [-0.3, -0.25) is 9.59 Å². The van der Waals surface area contributed by atoms with E-state index in [2.05, 4.69) is 27.8 Å². The van der Waals surface area contributed by atoms with Crippen molar-refractivity contribution in [3.63, 3.8) is 0 Å². The number of rotatable bonds is 10. The van der Waals surface area contributed by atoms with Crippen molar-refractivity contribution in [2.45, 2.75) is 71.1 Å². The molecule has 1 atom stereocenters. The molecule has 0 saturated heterocycles. The van der Waals surface area contributed by atoms with E-state index >= 15 is 0 Å². The molecule has 2 fully saturated rings. The molecule has 3 rings (SSSR count). The second kappa shape index (κ2) is 20.0. The maximum absolute atomic E-state index is 12.9. The molecule has 230 valence electrons. The van der Waals surface area contributed by atoms with Gasteiger partial charge in [0.05, 0.1) is 5.92 Å². The van der Waals surface area contributed by atoms with Crippen molar-refractivity contribution in [3.05, 3.63) is 93.5 Å². The molecule has 0 spiro atoms. The summed E-state index contributed by atoms with van der Waals surface area (Å²) in [4.78, 5) is 37.7. The standard InChI is InChI=1S/C29H38N3O4S.C5H5.Fe/c1-7-29(8-2,32-25(33)22-11-9-10-12-22)19-17-21-13-15-23(16-14-21)30-26(34)24(18-20-37-6)31-27(35)36-28(3,4)5;1-2-4-5-3-1;/h9-16,24H,7-8,18,20H2,1-6H3,(H,30,34)(H,31,35)(H,32,33);1-5H;/q;;+2/t24-;;/m0../s1. The Morgan fingerprint density at radius 3 is 1.95 bits per heavy atom. The third kappa shape index (κ3) is 14.9. The number of alkyl carbamates (subject to hydrolysis) is 1. The van der Waals surface area contributed by atoms with E-state index < -0.39 is 23.3 Å². The Balaban J connectivity index is 0.00000139. The van der Waals surface area contributed by atoms with Crippen LogP contribution in [0.1, 0.15) is 59.4 Å². The molecule has 0 heterocycles. The Bertz CT molecular complexity index is 1040. The van der Waals surface area contributed by atoms with Crippen molar-refractivity contribution in [3.8, 4) is 11.8 Å². The summed E-state index contributed by atoms with van der Waals surface area (Å²) in [5.41, 5.74) is 0.0649. The molecule has 1 aromatic carbocycles. The number of thioether (sulfide) groups is 1. The van der Waals surface area contributed by atoms with Gasteiger partial charge in [0.2, 0.25) is 11.8 Å². The Hall–Kier alpha value is -2.14. The van der Waals surface area contributed by atoms with Gasteiger partial charge >= 0.3 is 23.2 Å². The Morgan fingerprint density at radius 2 is 1.47 bits per heavy atom. The molecule has 3 N–H and O–H groups in total. The van der Waals surface area contributed by atoms with E-state index in [9.17, 15) is 14.4 Å². The fourth-order valence-electron chi connectivity index (χ4n) is 3.78. The monoisotopic (exact) mass is 645 g/mol. The van der Waals surface area contributed by atoms with Gasteiger partial charge in [-0.25, -0.2) is 4.79 Å². The molecule has 43 heavy (non-hydrogen) atoms. The minimum Gasteiger partial charge on any atom is -0.444 e. The first-order valence-corrected chi connectivity index (χ1v) is 15.5. The van der Waals surface area contributed by atoms with Crippen LogP contribution < -0.4 is 16.0 Å². The molecule has 10 radical (unpaired) electrons. The molecule has 3 amide bonds. The summed E-state index contributed by atoms with van der Waals surface area (Å²) in [6, 6.07) is 6.44. The van der Waals surface area contributed by atoms with Crippen LogP contribution in [-0.4, -0.2) is 47.1 Å². The SMILES string of the molecule is CCC(C#Cc1ccc(NC(=O)[C@H](CCSC)NC(=O)OC(C)(C)C)cc1)(CC)NC(=O)[C]1[CH][CH][CH][CH]1.[CH]1[CH][CH][CH][CH]1.[Fe+2]. The first-order valence-electron chi connectivity index (χ1n) is 14.1. The number of anilines is 1. The predicted octanol–water partition coefficient (Wildman–Crippen LogP) is 5.72. The Labute approximate surface area is 275 Å². The summed E-state index contributed by atoms with van der Waals surface area (Å²) >= 11 is 1.60. The quantitative estimate of drug-likeness (QED) is 0.224. The summed E-state index contributed by atoms with van der Waals surface area (Å²) in [5.74, 6) is 7.28. The third-order valence-corrected chi connectivity index (χ3v) is 6.90. The van der Waals surface area contributed by atoms with Gasteiger partial charge in [-0.2, -0.15) is 11.8 Å². The zero-order valence-corrected chi connectivity index (χ0v) is 27.7. The minimum atomic E-state index is -0.720. The molecule has 0 unspecified atom stereocenters. The molecule has 2 aliphatic rings. The van der Waals surface area contributed by atoms with Gasteiger partial charge in [0.25, 0.3) is 0 Å². The van der Waals surface area contributed by atoms with E-state index in [4.69, 9.17) is 4.74 Å². The first kappa shape index (κ1) is 38.9. The van der Waals surface area contributed by atoms with Gasteiger partial charge in [-0.1, -0.05) is 25.7 Å². The maximum atomic E-state index is 12.9. The number of benzene rings is 1. The van der Waals surface area contributed by atoms with E-state index in [0.717, 1.165) is 5.56 Å². The van der Waals surface area contributed by atoms with Gasteiger partial charge in [0, 0.05) is 11.3 Å². The van der Waals surface area contributed by atoms with Gasteiger partial charge in [-0.15, -0.1) is 0 Å². The van der Waals surface area contributed by atoms with Crippen molar-refractivity contribution in [2.24, 2.45) is 0 Å². The third-order valence-electron chi connectivity index (χ3n) is 6.26. The molecule has 1 aromatic rings. The molecular weight excluding hydrogens is 602 g/mol. The van der Waals surface area contributed by atoms with Crippen molar-refractivity contribution in [1.82, 2.24) is 10.6 Å². The fraction of sp³-hybridized carbons (Fsp3) is 0.382. The summed E-state index contributed by atoms with van der Waals surface area (Å²) in [5, 5.41) is 8.61. The Morgan fingerprint density at radius 1 is 0.907 bits per heavy atom. The van der Waals surface area contributed by atoms with Crippen molar-refractivity contribution >= 4 is 35.4 Å². The predicted molar refractivity (Wildman–Crippen MR) is 172 cm³/mol. The van der Waals surface area contributed by atoms with Crippen LogP contribution in [0.15, 0.2) is 24.3 Å². The topological polar surface area (TPSA) is 96.5 Å². The first-order chi connectivity index (χ1) is 20.0. The number of hydrogen-bond donors (Lipinski definition) is 3. The number of carbonyl (C=O) groups is 3. The Kier molecular flexibility index (Phi) is 18.1. The van der Waals surface area contributed by atoms with Crippen LogP contribution in [0, 0.1) is 75.5 Å². The van der Waals surface area contributed by atoms with Crippen molar-refractivity contribution < 1.29 is 36.2 Å². The smallest absolute Gasteiger partial charge is 0.444 e. The number of hydrogen-bond acceptors (Lipinski definition) is 5. The average molecular weight is 646 g/mol. The second-order valence-electron chi connectivity index (χ2n) is 10.7. The normalized spacial score (nSPS) is 15.5. The van der Waals surface area contributed by atoms with Gasteiger partial charge in [0.1, 0.15) is 17.2 Å². The molecule has 0 aromatic heterocycles. The summed E-state index contributed by atoms with van der Waals surface area (Å²) in [7, 11) is 0. The summed E-state index contributed by atoms with van der Waals surface area (Å²) in [6.45, 7) is 9.32. The van der Waals surface area contributed by atoms with E-state index in [-0.39, 0.29) is 28.9 Å². The number of carbonyl (C=O) groups excluding carboxylic acids is 3. The van der Waals surface area contributed by atoms with E-state index in [1.807, 2.05) is 77.2 Å². The summed E-state index contributed by atoms with van der Waals surface area (Å²) < 4.78 is 5.30. The molecule has 2 aliphatic carbocycles. The van der Waals surface area contributed by atoms with E-state index in [1.54, 1.807) is 57.5 Å². The van der Waals surface area contributed by atoms with Crippen LogP contribution in [0.5, 0.6) is 0 Å². The average Bonchev–Trinajstić information content (AvgIpc) is 3.71. The fourth-order valence-corrected chi connectivity index (χ4v) is 4.25. The molecule has 0 bridgehead atoms. The van der Waals surface area contributed by atoms with Crippen LogP contribution in [0.4, 0.5) is 10.5 Å². The zero-order chi connectivity index (χ0) is 31.0. The van der Waals surface area contributed by atoms with Crippen LogP contribution in [0.25, 0.3) is 0 Å². The minimum absolute atomic E-state index is 0. The van der Waals surface area contributed by atoms with Crippen LogP contribution >= 0.6 is 11.8 Å². The van der Waals surface area contributed by atoms with Crippen molar-refractivity contribution in [2.75, 3.05) is 17.3 Å². The number of amides is 3. The number of nitrogens with one attached hydrogen (secondary N) is 3. The molecule has 9 heteroatoms. The molecule has 2 saturated carbocycles. The largest absolute Gasteiger partial charge is 2.00 e.